The van der Waals surface area contributed by atoms with Gasteiger partial charge in [-0.3, -0.25) is 0 Å². The minimum absolute atomic E-state index is 0.0880. The van der Waals surface area contributed by atoms with E-state index in [1.807, 2.05) is 41.1 Å². The summed E-state index contributed by atoms with van der Waals surface area (Å²) >= 11 is 0. The van der Waals surface area contributed by atoms with E-state index in [9.17, 15) is 4.79 Å². The standard InChI is InChI=1S/C21H21N3O2/c1-15-8-10-16(11-9-15)20-13-18(12-17(14-22)21(25)26-2)23-24(20)19-6-4-3-5-7-19/h3-13H,14,22H2,1-2H3/b17-12-. The molecule has 26 heavy (non-hydrogen) atoms. The molecule has 0 radical (unpaired) electrons. The van der Waals surface area contributed by atoms with E-state index in [2.05, 4.69) is 36.3 Å². The van der Waals surface area contributed by atoms with E-state index in [1.54, 1.807) is 6.08 Å². The molecule has 0 saturated heterocycles. The van der Waals surface area contributed by atoms with E-state index in [1.165, 1.54) is 12.7 Å². The smallest absolute Gasteiger partial charge is 0.335 e. The van der Waals surface area contributed by atoms with Gasteiger partial charge in [-0.1, -0.05) is 48.0 Å². The second-order valence-electron chi connectivity index (χ2n) is 5.93. The second kappa shape index (κ2) is 7.80. The van der Waals surface area contributed by atoms with Gasteiger partial charge in [-0.05, 0) is 31.2 Å². The molecule has 1 heterocycles. The highest BCUT2D eigenvalue weighted by Crippen LogP contribution is 2.25. The molecule has 132 valence electrons. The Morgan fingerprint density at radius 1 is 1.15 bits per heavy atom. The Kier molecular flexibility index (Phi) is 5.29. The molecule has 0 fully saturated rings. The largest absolute Gasteiger partial charge is 0.466 e. The van der Waals surface area contributed by atoms with Crippen molar-refractivity contribution in [3.8, 4) is 16.9 Å². The minimum atomic E-state index is -0.446. The van der Waals surface area contributed by atoms with E-state index in [0.29, 0.717) is 11.3 Å². The molecule has 0 spiro atoms. The molecule has 1 aromatic heterocycles. The maximum absolute atomic E-state index is 11.8. The average molecular weight is 347 g/mol. The van der Waals surface area contributed by atoms with Crippen LogP contribution in [0.15, 0.2) is 66.2 Å². The molecule has 2 N–H and O–H groups in total. The number of para-hydroxylation sites is 1. The van der Waals surface area contributed by atoms with Crippen LogP contribution in [0.3, 0.4) is 0 Å². The fraction of sp³-hybridized carbons (Fsp3) is 0.143. The van der Waals surface area contributed by atoms with Gasteiger partial charge in [0.05, 0.1) is 29.8 Å². The van der Waals surface area contributed by atoms with Crippen molar-refractivity contribution >= 4 is 12.0 Å². The van der Waals surface area contributed by atoms with Crippen LogP contribution >= 0.6 is 0 Å². The van der Waals surface area contributed by atoms with Gasteiger partial charge in [0.1, 0.15) is 0 Å². The van der Waals surface area contributed by atoms with E-state index < -0.39 is 5.97 Å². The van der Waals surface area contributed by atoms with Crippen LogP contribution in [-0.2, 0) is 9.53 Å². The number of aryl methyl sites for hydroxylation is 1. The Balaban J connectivity index is 2.13. The predicted octanol–water partition coefficient (Wildman–Crippen LogP) is 3.36. The average Bonchev–Trinajstić information content (AvgIpc) is 3.10. The molecule has 0 aliphatic rings. The summed E-state index contributed by atoms with van der Waals surface area (Å²) in [5.41, 5.74) is 10.8. The molecule has 3 rings (SSSR count). The molecule has 0 aliphatic carbocycles. The van der Waals surface area contributed by atoms with Crippen LogP contribution in [0.5, 0.6) is 0 Å². The maximum atomic E-state index is 11.8. The van der Waals surface area contributed by atoms with Crippen LogP contribution in [0.25, 0.3) is 23.0 Å². The molecule has 0 atom stereocenters. The molecule has 0 aliphatic heterocycles. The summed E-state index contributed by atoms with van der Waals surface area (Å²) in [6.45, 7) is 2.14. The Bertz CT molecular complexity index is 926. The molecule has 5 nitrogen and oxygen atoms in total. The topological polar surface area (TPSA) is 70.1 Å². The number of carbonyl (C=O) groups excluding carboxylic acids is 1. The lowest BCUT2D eigenvalue weighted by Gasteiger charge is -2.07. The summed E-state index contributed by atoms with van der Waals surface area (Å²) in [6.07, 6.45) is 1.67. The third kappa shape index (κ3) is 3.73. The summed E-state index contributed by atoms with van der Waals surface area (Å²) in [5.74, 6) is -0.446. The highest BCUT2D eigenvalue weighted by atomic mass is 16.5. The van der Waals surface area contributed by atoms with E-state index in [-0.39, 0.29) is 6.54 Å². The van der Waals surface area contributed by atoms with Gasteiger partial charge in [0, 0.05) is 12.1 Å². The number of ether oxygens (including phenoxy) is 1. The third-order valence-electron chi connectivity index (χ3n) is 4.07. The van der Waals surface area contributed by atoms with Gasteiger partial charge in [-0.15, -0.1) is 0 Å². The Morgan fingerprint density at radius 2 is 1.85 bits per heavy atom. The number of rotatable bonds is 5. The zero-order chi connectivity index (χ0) is 18.5. The Morgan fingerprint density at radius 3 is 2.46 bits per heavy atom. The molecular formula is C21H21N3O2. The van der Waals surface area contributed by atoms with Crippen LogP contribution in [0, 0.1) is 6.92 Å². The number of nitrogens with zero attached hydrogens (tertiary/aromatic N) is 2. The van der Waals surface area contributed by atoms with Crippen LogP contribution in [0.2, 0.25) is 0 Å². The summed E-state index contributed by atoms with van der Waals surface area (Å²) in [7, 11) is 1.34. The van der Waals surface area contributed by atoms with Gasteiger partial charge >= 0.3 is 5.97 Å². The first-order valence-electron chi connectivity index (χ1n) is 8.34. The second-order valence-corrected chi connectivity index (χ2v) is 5.93. The van der Waals surface area contributed by atoms with Crippen LogP contribution in [0.4, 0.5) is 0 Å². The van der Waals surface area contributed by atoms with Crippen LogP contribution in [0.1, 0.15) is 11.3 Å². The summed E-state index contributed by atoms with van der Waals surface area (Å²) < 4.78 is 6.64. The first-order valence-corrected chi connectivity index (χ1v) is 8.34. The molecule has 0 unspecified atom stereocenters. The third-order valence-corrected chi connectivity index (χ3v) is 4.07. The number of benzene rings is 2. The van der Waals surface area contributed by atoms with Gasteiger partial charge in [-0.25, -0.2) is 9.48 Å². The van der Waals surface area contributed by atoms with Gasteiger partial charge in [-0.2, -0.15) is 5.10 Å². The fourth-order valence-corrected chi connectivity index (χ4v) is 2.68. The number of methoxy groups -OCH3 is 1. The van der Waals surface area contributed by atoms with E-state index in [0.717, 1.165) is 16.9 Å². The van der Waals surface area contributed by atoms with Crippen molar-refractivity contribution in [3.05, 3.63) is 77.5 Å². The molecule has 3 aromatic rings. The monoisotopic (exact) mass is 347 g/mol. The number of aromatic nitrogens is 2. The van der Waals surface area contributed by atoms with Crippen molar-refractivity contribution in [2.75, 3.05) is 13.7 Å². The molecular weight excluding hydrogens is 326 g/mol. The van der Waals surface area contributed by atoms with Gasteiger partial charge in [0.25, 0.3) is 0 Å². The highest BCUT2D eigenvalue weighted by Gasteiger charge is 2.13. The zero-order valence-corrected chi connectivity index (χ0v) is 14.8. The lowest BCUT2D eigenvalue weighted by atomic mass is 10.1. The zero-order valence-electron chi connectivity index (χ0n) is 14.8. The van der Waals surface area contributed by atoms with Crippen molar-refractivity contribution in [3.63, 3.8) is 0 Å². The molecule has 0 saturated carbocycles. The van der Waals surface area contributed by atoms with E-state index in [4.69, 9.17) is 10.5 Å². The van der Waals surface area contributed by atoms with Gasteiger partial charge in [0.2, 0.25) is 0 Å². The number of carbonyl (C=O) groups is 1. The molecule has 2 aromatic carbocycles. The first kappa shape index (κ1) is 17.6. The normalized spacial score (nSPS) is 11.4. The summed E-state index contributed by atoms with van der Waals surface area (Å²) in [5, 5.41) is 4.66. The number of esters is 1. The quantitative estimate of drug-likeness (QED) is 0.567. The Hall–Kier alpha value is -3.18. The summed E-state index contributed by atoms with van der Waals surface area (Å²) in [6, 6.07) is 20.0. The SMILES string of the molecule is COC(=O)/C(=C\c1cc(-c2ccc(C)cc2)n(-c2ccccc2)n1)CN. The first-order chi connectivity index (χ1) is 12.6. The minimum Gasteiger partial charge on any atom is -0.466 e. The van der Waals surface area contributed by atoms with Crippen molar-refractivity contribution < 1.29 is 9.53 Å². The molecule has 0 bridgehead atoms. The lowest BCUT2D eigenvalue weighted by Crippen LogP contribution is -2.14. The van der Waals surface area contributed by atoms with Gasteiger partial charge < -0.3 is 10.5 Å². The molecule has 5 heteroatoms. The van der Waals surface area contributed by atoms with Crippen LogP contribution in [-0.4, -0.2) is 29.4 Å². The molecule has 0 amide bonds. The predicted molar refractivity (Wildman–Crippen MR) is 103 cm³/mol. The lowest BCUT2D eigenvalue weighted by molar-refractivity contribution is -0.136. The number of nitrogens with two attached hydrogens (primary N) is 1. The van der Waals surface area contributed by atoms with E-state index >= 15 is 0 Å². The van der Waals surface area contributed by atoms with Crippen molar-refractivity contribution in [1.29, 1.82) is 0 Å². The van der Waals surface area contributed by atoms with Crippen molar-refractivity contribution in [2.24, 2.45) is 5.73 Å². The maximum Gasteiger partial charge on any atom is 0.335 e. The van der Waals surface area contributed by atoms with Crippen molar-refractivity contribution in [2.45, 2.75) is 6.92 Å². The Labute approximate surface area is 152 Å². The van der Waals surface area contributed by atoms with Crippen molar-refractivity contribution in [1.82, 2.24) is 9.78 Å². The number of hydrogen-bond donors (Lipinski definition) is 1. The van der Waals surface area contributed by atoms with Gasteiger partial charge in [0.15, 0.2) is 0 Å². The fourth-order valence-electron chi connectivity index (χ4n) is 2.68. The highest BCUT2D eigenvalue weighted by molar-refractivity contribution is 5.94. The summed E-state index contributed by atoms with van der Waals surface area (Å²) in [4.78, 5) is 11.8. The van der Waals surface area contributed by atoms with Crippen LogP contribution < -0.4 is 5.73 Å². The number of hydrogen-bond acceptors (Lipinski definition) is 4.